The number of amides is 1. The van der Waals surface area contributed by atoms with Crippen molar-refractivity contribution in [1.82, 2.24) is 9.80 Å². The van der Waals surface area contributed by atoms with E-state index in [4.69, 9.17) is 5.73 Å². The number of carbonyl (C=O) groups excluding carboxylic acids is 1. The average molecular weight is 255 g/mol. The van der Waals surface area contributed by atoms with Gasteiger partial charge in [0, 0.05) is 11.9 Å². The first-order valence-corrected chi connectivity index (χ1v) is 6.66. The highest BCUT2D eigenvalue weighted by Crippen LogP contribution is 2.10. The van der Waals surface area contributed by atoms with Crippen LogP contribution in [0.15, 0.2) is 17.5 Å². The van der Waals surface area contributed by atoms with Crippen molar-refractivity contribution in [1.29, 1.82) is 0 Å². The largest absolute Gasteiger partial charge is 0.340 e. The smallest absolute Gasteiger partial charge is 0.236 e. The minimum Gasteiger partial charge on any atom is -0.340 e. The maximum Gasteiger partial charge on any atom is 0.236 e. The molecule has 0 aliphatic carbocycles. The normalized spacial score (nSPS) is 10.8. The van der Waals surface area contributed by atoms with Gasteiger partial charge >= 0.3 is 0 Å². The van der Waals surface area contributed by atoms with Crippen LogP contribution in [0.25, 0.3) is 0 Å². The van der Waals surface area contributed by atoms with Crippen LogP contribution >= 0.6 is 11.3 Å². The van der Waals surface area contributed by atoms with Gasteiger partial charge in [0.15, 0.2) is 0 Å². The van der Waals surface area contributed by atoms with Gasteiger partial charge in [-0.2, -0.15) is 0 Å². The molecule has 17 heavy (non-hydrogen) atoms. The molecule has 1 aromatic heterocycles. The molecule has 0 atom stereocenters. The number of nitrogens with two attached hydrogens (primary N) is 1. The van der Waals surface area contributed by atoms with Crippen LogP contribution in [0.2, 0.25) is 0 Å². The Morgan fingerprint density at radius 1 is 1.47 bits per heavy atom. The standard InChI is InChI=1S/C12H21N3OS/c1-14(7-4-6-13)10-12(16)15(2)9-11-5-3-8-17-11/h3,5,8H,4,6-7,9-10,13H2,1-2H3. The quantitative estimate of drug-likeness (QED) is 0.790. The van der Waals surface area contributed by atoms with Crippen LogP contribution in [0.4, 0.5) is 0 Å². The second-order valence-corrected chi connectivity index (χ2v) is 5.24. The van der Waals surface area contributed by atoms with Crippen LogP contribution < -0.4 is 5.73 Å². The fourth-order valence-electron chi connectivity index (χ4n) is 1.52. The first-order chi connectivity index (χ1) is 8.13. The third-order valence-electron chi connectivity index (χ3n) is 2.55. The van der Waals surface area contributed by atoms with E-state index < -0.39 is 0 Å². The second-order valence-electron chi connectivity index (χ2n) is 4.21. The molecule has 1 heterocycles. The zero-order valence-electron chi connectivity index (χ0n) is 10.6. The summed E-state index contributed by atoms with van der Waals surface area (Å²) in [6.45, 7) is 2.70. The van der Waals surface area contributed by atoms with E-state index in [1.54, 1.807) is 16.2 Å². The Morgan fingerprint density at radius 2 is 2.24 bits per heavy atom. The number of likely N-dealkylation sites (N-methyl/N-ethyl adjacent to an activating group) is 2. The monoisotopic (exact) mass is 255 g/mol. The molecule has 0 saturated carbocycles. The van der Waals surface area contributed by atoms with Crippen LogP contribution in [0.5, 0.6) is 0 Å². The topological polar surface area (TPSA) is 49.6 Å². The van der Waals surface area contributed by atoms with Crippen molar-refractivity contribution in [3.8, 4) is 0 Å². The number of carbonyl (C=O) groups is 1. The zero-order chi connectivity index (χ0) is 12.7. The number of thiophene rings is 1. The SMILES string of the molecule is CN(CCCN)CC(=O)N(C)Cc1cccs1. The van der Waals surface area contributed by atoms with Gasteiger partial charge < -0.3 is 10.6 Å². The molecule has 5 heteroatoms. The van der Waals surface area contributed by atoms with E-state index in [1.807, 2.05) is 36.5 Å². The van der Waals surface area contributed by atoms with Crippen molar-refractivity contribution >= 4 is 17.2 Å². The van der Waals surface area contributed by atoms with E-state index in [0.29, 0.717) is 19.6 Å². The van der Waals surface area contributed by atoms with Gasteiger partial charge in [0.2, 0.25) is 5.91 Å². The summed E-state index contributed by atoms with van der Waals surface area (Å²) in [7, 11) is 3.80. The van der Waals surface area contributed by atoms with Crippen LogP contribution in [0.3, 0.4) is 0 Å². The first-order valence-electron chi connectivity index (χ1n) is 5.78. The van der Waals surface area contributed by atoms with E-state index >= 15 is 0 Å². The van der Waals surface area contributed by atoms with Crippen molar-refractivity contribution in [3.05, 3.63) is 22.4 Å². The Balaban J connectivity index is 2.31. The molecule has 4 nitrogen and oxygen atoms in total. The minimum absolute atomic E-state index is 0.151. The molecule has 0 spiro atoms. The maximum atomic E-state index is 11.9. The molecule has 96 valence electrons. The third kappa shape index (κ3) is 5.30. The molecule has 0 aliphatic heterocycles. The lowest BCUT2D eigenvalue weighted by Gasteiger charge is -2.21. The molecule has 0 bridgehead atoms. The van der Waals surface area contributed by atoms with Gasteiger partial charge in [0.1, 0.15) is 0 Å². The summed E-state index contributed by atoms with van der Waals surface area (Å²) in [5, 5.41) is 2.03. The summed E-state index contributed by atoms with van der Waals surface area (Å²) in [5.74, 6) is 0.151. The fraction of sp³-hybridized carbons (Fsp3) is 0.583. The van der Waals surface area contributed by atoms with E-state index in [9.17, 15) is 4.79 Å². The van der Waals surface area contributed by atoms with Gasteiger partial charge in [-0.05, 0) is 38.0 Å². The van der Waals surface area contributed by atoms with Gasteiger partial charge in [-0.15, -0.1) is 11.3 Å². The van der Waals surface area contributed by atoms with Crippen molar-refractivity contribution in [2.75, 3.05) is 33.7 Å². The molecular weight excluding hydrogens is 234 g/mol. The Morgan fingerprint density at radius 3 is 2.82 bits per heavy atom. The molecule has 2 N–H and O–H groups in total. The van der Waals surface area contributed by atoms with Crippen LogP contribution in [0, 0.1) is 0 Å². The van der Waals surface area contributed by atoms with Gasteiger partial charge in [-0.1, -0.05) is 6.07 Å². The first kappa shape index (κ1) is 14.2. The molecule has 1 rings (SSSR count). The molecule has 0 radical (unpaired) electrons. The van der Waals surface area contributed by atoms with Crippen molar-refractivity contribution in [3.63, 3.8) is 0 Å². The average Bonchev–Trinajstić information content (AvgIpc) is 2.78. The van der Waals surface area contributed by atoms with Gasteiger partial charge in [0.05, 0.1) is 13.1 Å². The fourth-order valence-corrected chi connectivity index (χ4v) is 2.27. The molecule has 0 fully saturated rings. The lowest BCUT2D eigenvalue weighted by Crippen LogP contribution is -2.36. The Labute approximate surface area is 107 Å². The number of rotatable bonds is 7. The molecular formula is C12H21N3OS. The maximum absolute atomic E-state index is 11.9. The molecule has 0 aliphatic rings. The molecule has 1 aromatic rings. The van der Waals surface area contributed by atoms with E-state index in [0.717, 1.165) is 13.0 Å². The second kappa shape index (κ2) is 7.42. The predicted molar refractivity (Wildman–Crippen MR) is 72.0 cm³/mol. The Hall–Kier alpha value is -0.910. The van der Waals surface area contributed by atoms with Crippen molar-refractivity contribution < 1.29 is 4.79 Å². The number of hydrogen-bond donors (Lipinski definition) is 1. The minimum atomic E-state index is 0.151. The van der Waals surface area contributed by atoms with Crippen molar-refractivity contribution in [2.45, 2.75) is 13.0 Å². The van der Waals surface area contributed by atoms with E-state index in [-0.39, 0.29) is 5.91 Å². The number of hydrogen-bond acceptors (Lipinski definition) is 4. The van der Waals surface area contributed by atoms with Crippen LogP contribution in [-0.4, -0.2) is 49.4 Å². The summed E-state index contributed by atoms with van der Waals surface area (Å²) in [6, 6.07) is 4.05. The summed E-state index contributed by atoms with van der Waals surface area (Å²) >= 11 is 1.68. The highest BCUT2D eigenvalue weighted by Gasteiger charge is 2.11. The highest BCUT2D eigenvalue weighted by molar-refractivity contribution is 7.09. The molecule has 0 unspecified atom stereocenters. The Kier molecular flexibility index (Phi) is 6.18. The Bertz CT molecular complexity index is 327. The lowest BCUT2D eigenvalue weighted by molar-refractivity contribution is -0.131. The summed E-state index contributed by atoms with van der Waals surface area (Å²) in [4.78, 5) is 16.9. The lowest BCUT2D eigenvalue weighted by atomic mass is 10.3. The van der Waals surface area contributed by atoms with Crippen LogP contribution in [-0.2, 0) is 11.3 Å². The van der Waals surface area contributed by atoms with Gasteiger partial charge in [-0.3, -0.25) is 9.69 Å². The zero-order valence-corrected chi connectivity index (χ0v) is 11.4. The summed E-state index contributed by atoms with van der Waals surface area (Å²) < 4.78 is 0. The summed E-state index contributed by atoms with van der Waals surface area (Å²) in [6.07, 6.45) is 0.929. The van der Waals surface area contributed by atoms with Crippen LogP contribution in [0.1, 0.15) is 11.3 Å². The van der Waals surface area contributed by atoms with Gasteiger partial charge in [0.25, 0.3) is 0 Å². The number of nitrogens with zero attached hydrogens (tertiary/aromatic N) is 2. The predicted octanol–water partition coefficient (Wildman–Crippen LogP) is 0.987. The van der Waals surface area contributed by atoms with E-state index in [1.165, 1.54) is 4.88 Å². The highest BCUT2D eigenvalue weighted by atomic mass is 32.1. The van der Waals surface area contributed by atoms with Crippen molar-refractivity contribution in [2.24, 2.45) is 5.73 Å². The van der Waals surface area contributed by atoms with E-state index in [2.05, 4.69) is 0 Å². The summed E-state index contributed by atoms with van der Waals surface area (Å²) in [5.41, 5.74) is 5.44. The molecule has 0 saturated heterocycles. The van der Waals surface area contributed by atoms with Gasteiger partial charge in [-0.25, -0.2) is 0 Å². The molecule has 1 amide bonds. The molecule has 0 aromatic carbocycles. The third-order valence-corrected chi connectivity index (χ3v) is 3.41.